The monoisotopic (exact) mass is 226 g/mol. The lowest BCUT2D eigenvalue weighted by molar-refractivity contribution is 0.317. The highest BCUT2D eigenvalue weighted by Gasteiger charge is 2.18. The zero-order valence-corrected chi connectivity index (χ0v) is 11.8. The molecule has 1 aliphatic carbocycles. The van der Waals surface area contributed by atoms with Gasteiger partial charge in [-0.05, 0) is 50.5 Å². The molecule has 0 atom stereocenters. The zero-order chi connectivity index (χ0) is 12.6. The summed E-state index contributed by atoms with van der Waals surface area (Å²) in [5, 5.41) is 3.47. The maximum atomic E-state index is 5.95. The summed E-state index contributed by atoms with van der Waals surface area (Å²) in [5.74, 6) is 1.57. The van der Waals surface area contributed by atoms with Gasteiger partial charge in [0.25, 0.3) is 0 Å². The second-order valence-corrected chi connectivity index (χ2v) is 5.22. The smallest absolute Gasteiger partial charge is 0.0258 e. The van der Waals surface area contributed by atoms with Gasteiger partial charge in [0.05, 0.1) is 0 Å². The van der Waals surface area contributed by atoms with Crippen molar-refractivity contribution in [2.45, 2.75) is 72.8 Å². The van der Waals surface area contributed by atoms with Crippen LogP contribution in [0.4, 0.5) is 0 Å². The normalized spacial score (nSPS) is 24.6. The molecule has 0 aromatic heterocycles. The van der Waals surface area contributed by atoms with Crippen molar-refractivity contribution in [2.24, 2.45) is 11.8 Å². The van der Waals surface area contributed by atoms with Gasteiger partial charge in [0.15, 0.2) is 0 Å². The summed E-state index contributed by atoms with van der Waals surface area (Å²) >= 11 is 0. The summed E-state index contributed by atoms with van der Waals surface area (Å²) in [6.07, 6.45) is 6.30. The second kappa shape index (κ2) is 8.66. The van der Waals surface area contributed by atoms with Crippen molar-refractivity contribution >= 4 is 0 Å². The molecule has 1 aliphatic rings. The molecule has 1 fully saturated rings. The van der Waals surface area contributed by atoms with Gasteiger partial charge in [-0.1, -0.05) is 34.6 Å². The van der Waals surface area contributed by atoms with Crippen LogP contribution in [-0.2, 0) is 0 Å². The molecule has 0 aromatic carbocycles. The molecule has 97 valence electrons. The molecule has 16 heavy (non-hydrogen) atoms. The molecule has 1 radical (unpaired) electrons. The van der Waals surface area contributed by atoms with Crippen molar-refractivity contribution in [3.63, 3.8) is 0 Å². The second-order valence-electron chi connectivity index (χ2n) is 5.22. The lowest BCUT2D eigenvalue weighted by Crippen LogP contribution is -2.32. The van der Waals surface area contributed by atoms with Crippen molar-refractivity contribution in [2.75, 3.05) is 0 Å². The Morgan fingerprint density at radius 3 is 2.19 bits per heavy atom. The fourth-order valence-electron chi connectivity index (χ4n) is 2.17. The first kappa shape index (κ1) is 15.5. The first-order valence-corrected chi connectivity index (χ1v) is 6.95. The van der Waals surface area contributed by atoms with Crippen molar-refractivity contribution in [3.8, 4) is 0 Å². The van der Waals surface area contributed by atoms with Crippen LogP contribution in [0, 0.1) is 18.4 Å². The fraction of sp³-hybridized carbons (Fsp3) is 0.867. The highest BCUT2D eigenvalue weighted by Crippen LogP contribution is 2.24. The standard InChI is InChI=1S/C13H24N.C2H6.H2/c1-10(2)9-12(4)14-13-7-5-11(3)6-8-13;1-2;/h4,10-11,13-14H,5-9H2,1-3H3;1-2H3;1H. The Morgan fingerprint density at radius 1 is 1.25 bits per heavy atom. The molecule has 0 aliphatic heterocycles. The number of hydrogen-bond donors (Lipinski definition) is 1. The Labute approximate surface area is 104 Å². The Hall–Kier alpha value is -0.460. The Kier molecular flexibility index (Phi) is 8.42. The van der Waals surface area contributed by atoms with Gasteiger partial charge >= 0.3 is 0 Å². The van der Waals surface area contributed by atoms with Crippen LogP contribution < -0.4 is 5.32 Å². The van der Waals surface area contributed by atoms with Crippen molar-refractivity contribution in [3.05, 3.63) is 12.3 Å². The average molecular weight is 226 g/mol. The van der Waals surface area contributed by atoms with Crippen LogP contribution in [0.2, 0.25) is 0 Å². The van der Waals surface area contributed by atoms with Crippen molar-refractivity contribution < 1.29 is 1.43 Å². The summed E-state index contributed by atoms with van der Waals surface area (Å²) in [7, 11) is 0. The Balaban J connectivity index is 0. The molecule has 1 rings (SSSR count). The van der Waals surface area contributed by atoms with E-state index in [1.165, 1.54) is 25.7 Å². The predicted molar refractivity (Wildman–Crippen MR) is 75.3 cm³/mol. The van der Waals surface area contributed by atoms with Crippen molar-refractivity contribution in [1.82, 2.24) is 5.32 Å². The molecule has 0 amide bonds. The van der Waals surface area contributed by atoms with E-state index in [1.807, 2.05) is 13.8 Å². The van der Waals surface area contributed by atoms with Crippen LogP contribution in [0.15, 0.2) is 5.70 Å². The topological polar surface area (TPSA) is 12.0 Å². The number of hydrogen-bond acceptors (Lipinski definition) is 1. The minimum Gasteiger partial charge on any atom is -0.386 e. The molecule has 0 saturated heterocycles. The van der Waals surface area contributed by atoms with E-state index in [0.717, 1.165) is 18.0 Å². The SMILES string of the molecule is CC.[CH]=C(CC(C)C)NC1CCC(C)CC1.[HH]. The number of allylic oxidation sites excluding steroid dienone is 1. The first-order valence-electron chi connectivity index (χ1n) is 6.95. The van der Waals surface area contributed by atoms with E-state index in [2.05, 4.69) is 26.1 Å². The van der Waals surface area contributed by atoms with E-state index in [9.17, 15) is 0 Å². The zero-order valence-electron chi connectivity index (χ0n) is 11.8. The molecular weight excluding hydrogens is 194 g/mol. The van der Waals surface area contributed by atoms with Gasteiger partial charge in [0.2, 0.25) is 0 Å². The minimum atomic E-state index is 0. The Bertz CT molecular complexity index is 181. The van der Waals surface area contributed by atoms with Gasteiger partial charge in [0, 0.05) is 13.2 Å². The predicted octanol–water partition coefficient (Wildman–Crippen LogP) is 4.79. The third kappa shape index (κ3) is 6.92. The van der Waals surface area contributed by atoms with Gasteiger partial charge in [-0.2, -0.15) is 0 Å². The number of nitrogens with one attached hydrogen (secondary N) is 1. The van der Waals surface area contributed by atoms with Crippen LogP contribution in [0.25, 0.3) is 0 Å². The van der Waals surface area contributed by atoms with E-state index in [4.69, 9.17) is 6.58 Å². The van der Waals surface area contributed by atoms with Gasteiger partial charge < -0.3 is 5.32 Å². The van der Waals surface area contributed by atoms with Crippen LogP contribution in [0.3, 0.4) is 0 Å². The summed E-state index contributed by atoms with van der Waals surface area (Å²) in [6.45, 7) is 16.7. The molecule has 1 nitrogen and oxygen atoms in total. The van der Waals surface area contributed by atoms with Gasteiger partial charge in [0.1, 0.15) is 0 Å². The molecule has 0 spiro atoms. The quantitative estimate of drug-likeness (QED) is 0.726. The van der Waals surface area contributed by atoms with Crippen LogP contribution >= 0.6 is 0 Å². The highest BCUT2D eigenvalue weighted by molar-refractivity contribution is 4.93. The first-order chi connectivity index (χ1) is 7.58. The summed E-state index contributed by atoms with van der Waals surface area (Å²) in [5.41, 5.74) is 0.986. The molecule has 0 bridgehead atoms. The van der Waals surface area contributed by atoms with E-state index in [-0.39, 0.29) is 1.43 Å². The molecule has 1 heteroatoms. The molecule has 1 N–H and O–H groups in total. The van der Waals surface area contributed by atoms with Gasteiger partial charge in [-0.3, -0.25) is 0 Å². The highest BCUT2D eigenvalue weighted by atomic mass is 14.9. The van der Waals surface area contributed by atoms with Crippen LogP contribution in [0.5, 0.6) is 0 Å². The van der Waals surface area contributed by atoms with Crippen LogP contribution in [-0.4, -0.2) is 6.04 Å². The van der Waals surface area contributed by atoms with Crippen LogP contribution in [0.1, 0.15) is 68.1 Å². The lowest BCUT2D eigenvalue weighted by atomic mass is 9.87. The molecule has 0 aromatic rings. The average Bonchev–Trinajstić information content (AvgIpc) is 2.23. The van der Waals surface area contributed by atoms with E-state index in [0.29, 0.717) is 12.0 Å². The largest absolute Gasteiger partial charge is 0.386 e. The molecule has 0 heterocycles. The molecule has 0 unspecified atom stereocenters. The summed E-state index contributed by atoms with van der Waals surface area (Å²) in [4.78, 5) is 0. The maximum absolute atomic E-state index is 5.95. The maximum Gasteiger partial charge on any atom is 0.0258 e. The third-order valence-corrected chi connectivity index (χ3v) is 3.03. The summed E-state index contributed by atoms with van der Waals surface area (Å²) < 4.78 is 0. The van der Waals surface area contributed by atoms with Gasteiger partial charge in [-0.25, -0.2) is 0 Å². The van der Waals surface area contributed by atoms with E-state index < -0.39 is 0 Å². The lowest BCUT2D eigenvalue weighted by Gasteiger charge is -2.28. The Morgan fingerprint density at radius 2 is 1.75 bits per heavy atom. The third-order valence-electron chi connectivity index (χ3n) is 3.03. The molecular formula is C15H32N. The van der Waals surface area contributed by atoms with Crippen molar-refractivity contribution in [1.29, 1.82) is 0 Å². The van der Waals surface area contributed by atoms with E-state index in [1.54, 1.807) is 0 Å². The fourth-order valence-corrected chi connectivity index (χ4v) is 2.17. The number of rotatable bonds is 4. The minimum absolute atomic E-state index is 0. The molecule has 1 saturated carbocycles. The van der Waals surface area contributed by atoms with E-state index >= 15 is 0 Å². The summed E-state index contributed by atoms with van der Waals surface area (Å²) in [6, 6.07) is 0.643. The van der Waals surface area contributed by atoms with Gasteiger partial charge in [-0.15, -0.1) is 0 Å².